The van der Waals surface area contributed by atoms with Gasteiger partial charge in [0.2, 0.25) is 0 Å². The van der Waals surface area contributed by atoms with E-state index in [1.54, 1.807) is 12.3 Å². The van der Waals surface area contributed by atoms with Gasteiger partial charge in [0.05, 0.1) is 0 Å². The van der Waals surface area contributed by atoms with Gasteiger partial charge in [-0.25, -0.2) is 4.39 Å². The third-order valence-corrected chi connectivity index (χ3v) is 3.12. The molecule has 0 saturated carbocycles. The van der Waals surface area contributed by atoms with Crippen molar-refractivity contribution in [2.75, 3.05) is 7.05 Å². The Morgan fingerprint density at radius 2 is 2.11 bits per heavy atom. The first-order valence-electron chi connectivity index (χ1n) is 5.66. The van der Waals surface area contributed by atoms with Crippen molar-refractivity contribution in [3.8, 4) is 0 Å². The summed E-state index contributed by atoms with van der Waals surface area (Å²) in [5, 5.41) is 0. The van der Waals surface area contributed by atoms with Crippen molar-refractivity contribution in [2.45, 2.75) is 13.1 Å². The maximum absolute atomic E-state index is 13.7. The highest BCUT2D eigenvalue weighted by molar-refractivity contribution is 9.10. The van der Waals surface area contributed by atoms with Crippen LogP contribution in [-0.4, -0.2) is 16.9 Å². The largest absolute Gasteiger partial charge is 0.298 e. The number of halogens is 2. The van der Waals surface area contributed by atoms with Crippen LogP contribution in [0, 0.1) is 5.82 Å². The van der Waals surface area contributed by atoms with E-state index in [0.717, 1.165) is 16.6 Å². The van der Waals surface area contributed by atoms with E-state index in [1.807, 2.05) is 31.4 Å². The number of aromatic nitrogens is 1. The van der Waals surface area contributed by atoms with Gasteiger partial charge in [-0.15, -0.1) is 0 Å². The molecule has 0 saturated heterocycles. The molecule has 0 unspecified atom stereocenters. The van der Waals surface area contributed by atoms with E-state index in [1.165, 1.54) is 6.07 Å². The van der Waals surface area contributed by atoms with E-state index >= 15 is 0 Å². The summed E-state index contributed by atoms with van der Waals surface area (Å²) in [5.74, 6) is -0.178. The molecule has 0 aliphatic rings. The van der Waals surface area contributed by atoms with Crippen molar-refractivity contribution in [1.82, 2.24) is 9.88 Å². The minimum Gasteiger partial charge on any atom is -0.298 e. The highest BCUT2D eigenvalue weighted by atomic mass is 79.9. The molecule has 0 bridgehead atoms. The van der Waals surface area contributed by atoms with Crippen LogP contribution in [0.15, 0.2) is 47.2 Å². The zero-order chi connectivity index (χ0) is 13.0. The van der Waals surface area contributed by atoms with Crippen molar-refractivity contribution in [3.63, 3.8) is 0 Å². The fourth-order valence-corrected chi connectivity index (χ4v) is 2.13. The van der Waals surface area contributed by atoms with Gasteiger partial charge in [-0.05, 0) is 30.8 Å². The summed E-state index contributed by atoms with van der Waals surface area (Å²) in [6.07, 6.45) is 3.58. The molecule has 0 spiro atoms. The number of hydrogen-bond acceptors (Lipinski definition) is 2. The molecular weight excluding hydrogens is 295 g/mol. The Kier molecular flexibility index (Phi) is 4.44. The van der Waals surface area contributed by atoms with Crippen LogP contribution in [0.25, 0.3) is 0 Å². The highest BCUT2D eigenvalue weighted by Crippen LogP contribution is 2.17. The molecule has 94 valence electrons. The van der Waals surface area contributed by atoms with E-state index < -0.39 is 0 Å². The summed E-state index contributed by atoms with van der Waals surface area (Å²) in [6, 6.07) is 9.08. The number of rotatable bonds is 4. The summed E-state index contributed by atoms with van der Waals surface area (Å²) < 4.78 is 14.4. The van der Waals surface area contributed by atoms with Gasteiger partial charge in [-0.2, -0.15) is 0 Å². The van der Waals surface area contributed by atoms with Gasteiger partial charge >= 0.3 is 0 Å². The quantitative estimate of drug-likeness (QED) is 0.857. The van der Waals surface area contributed by atoms with Gasteiger partial charge in [0.25, 0.3) is 0 Å². The highest BCUT2D eigenvalue weighted by Gasteiger charge is 2.06. The topological polar surface area (TPSA) is 16.1 Å². The summed E-state index contributed by atoms with van der Waals surface area (Å²) >= 11 is 3.25. The van der Waals surface area contributed by atoms with Gasteiger partial charge in [0.15, 0.2) is 0 Å². The smallest absolute Gasteiger partial charge is 0.128 e. The van der Waals surface area contributed by atoms with E-state index in [9.17, 15) is 4.39 Å². The van der Waals surface area contributed by atoms with Crippen LogP contribution in [0.4, 0.5) is 4.39 Å². The maximum Gasteiger partial charge on any atom is 0.128 e. The van der Waals surface area contributed by atoms with Crippen LogP contribution in [0.3, 0.4) is 0 Å². The Morgan fingerprint density at radius 1 is 1.28 bits per heavy atom. The monoisotopic (exact) mass is 308 g/mol. The molecule has 18 heavy (non-hydrogen) atoms. The molecule has 0 N–H and O–H groups in total. The standard InChI is InChI=1S/C14H14BrFN2/c1-18(9-11-3-2-6-17-8-11)10-12-4-5-13(15)7-14(12)16/h2-8H,9-10H2,1H3. The number of benzene rings is 1. The molecule has 0 amide bonds. The van der Waals surface area contributed by atoms with Crippen LogP contribution in [0.5, 0.6) is 0 Å². The van der Waals surface area contributed by atoms with Crippen molar-refractivity contribution in [2.24, 2.45) is 0 Å². The van der Waals surface area contributed by atoms with Crippen LogP contribution in [-0.2, 0) is 13.1 Å². The molecular formula is C14H14BrFN2. The molecule has 0 aliphatic carbocycles. The lowest BCUT2D eigenvalue weighted by atomic mass is 10.2. The number of nitrogens with zero attached hydrogens (tertiary/aromatic N) is 2. The SMILES string of the molecule is CN(Cc1cccnc1)Cc1ccc(Br)cc1F. The Balaban J connectivity index is 2.01. The van der Waals surface area contributed by atoms with Crippen molar-refractivity contribution in [1.29, 1.82) is 0 Å². The minimum atomic E-state index is -0.178. The van der Waals surface area contributed by atoms with E-state index in [4.69, 9.17) is 0 Å². The average Bonchev–Trinajstić information content (AvgIpc) is 2.34. The third kappa shape index (κ3) is 3.62. The van der Waals surface area contributed by atoms with E-state index in [-0.39, 0.29) is 5.82 Å². The first kappa shape index (κ1) is 13.2. The first-order valence-corrected chi connectivity index (χ1v) is 6.46. The summed E-state index contributed by atoms with van der Waals surface area (Å²) in [6.45, 7) is 1.33. The predicted molar refractivity (Wildman–Crippen MR) is 73.5 cm³/mol. The normalized spacial score (nSPS) is 10.9. The maximum atomic E-state index is 13.7. The second-order valence-electron chi connectivity index (χ2n) is 4.27. The van der Waals surface area contributed by atoms with Crippen LogP contribution in [0.1, 0.15) is 11.1 Å². The van der Waals surface area contributed by atoms with Crippen LogP contribution >= 0.6 is 15.9 Å². The number of pyridine rings is 1. The molecule has 2 rings (SSSR count). The van der Waals surface area contributed by atoms with E-state index in [2.05, 4.69) is 25.8 Å². The molecule has 0 fully saturated rings. The van der Waals surface area contributed by atoms with Crippen molar-refractivity contribution in [3.05, 3.63) is 64.1 Å². The summed E-state index contributed by atoms with van der Waals surface area (Å²) in [4.78, 5) is 6.13. The molecule has 1 aromatic carbocycles. The molecule has 0 radical (unpaired) electrons. The zero-order valence-electron chi connectivity index (χ0n) is 10.1. The Bertz CT molecular complexity index is 516. The average molecular weight is 309 g/mol. The molecule has 1 aromatic heterocycles. The van der Waals surface area contributed by atoms with Gasteiger partial charge in [-0.3, -0.25) is 9.88 Å². The van der Waals surface area contributed by atoms with Gasteiger partial charge in [0.1, 0.15) is 5.82 Å². The first-order chi connectivity index (χ1) is 8.65. The molecule has 4 heteroatoms. The zero-order valence-corrected chi connectivity index (χ0v) is 11.7. The number of hydrogen-bond donors (Lipinski definition) is 0. The molecule has 2 aromatic rings. The van der Waals surface area contributed by atoms with Gasteiger partial charge in [0, 0.05) is 35.5 Å². The fraction of sp³-hybridized carbons (Fsp3) is 0.214. The lowest BCUT2D eigenvalue weighted by molar-refractivity contribution is 0.313. The Morgan fingerprint density at radius 3 is 2.78 bits per heavy atom. The lowest BCUT2D eigenvalue weighted by Crippen LogP contribution is -2.18. The van der Waals surface area contributed by atoms with Gasteiger partial charge in [-0.1, -0.05) is 28.1 Å². The molecule has 0 aliphatic heterocycles. The lowest BCUT2D eigenvalue weighted by Gasteiger charge is -2.17. The molecule has 1 heterocycles. The Labute approximate surface area is 115 Å². The van der Waals surface area contributed by atoms with Crippen LogP contribution in [0.2, 0.25) is 0 Å². The van der Waals surface area contributed by atoms with Crippen LogP contribution < -0.4 is 0 Å². The fourth-order valence-electron chi connectivity index (χ4n) is 1.80. The van der Waals surface area contributed by atoms with Crippen molar-refractivity contribution < 1.29 is 4.39 Å². The summed E-state index contributed by atoms with van der Waals surface area (Å²) in [5.41, 5.74) is 1.82. The third-order valence-electron chi connectivity index (χ3n) is 2.63. The predicted octanol–water partition coefficient (Wildman–Crippen LogP) is 3.62. The second-order valence-corrected chi connectivity index (χ2v) is 5.18. The van der Waals surface area contributed by atoms with Gasteiger partial charge < -0.3 is 0 Å². The Hall–Kier alpha value is -1.26. The molecule has 2 nitrogen and oxygen atoms in total. The minimum absolute atomic E-state index is 0.178. The second kappa shape index (κ2) is 6.07. The summed E-state index contributed by atoms with van der Waals surface area (Å²) in [7, 11) is 1.97. The molecule has 0 atom stereocenters. The van der Waals surface area contributed by atoms with E-state index in [0.29, 0.717) is 12.1 Å². The van der Waals surface area contributed by atoms with Crippen molar-refractivity contribution >= 4 is 15.9 Å².